The predicted octanol–water partition coefficient (Wildman–Crippen LogP) is 2.79. The first kappa shape index (κ1) is 13.3. The van der Waals surface area contributed by atoms with Gasteiger partial charge in [0.1, 0.15) is 0 Å². The summed E-state index contributed by atoms with van der Waals surface area (Å²) in [4.78, 5) is 2.54. The minimum atomic E-state index is 0.378. The highest BCUT2D eigenvalue weighted by Gasteiger charge is 2.25. The fraction of sp³-hybridized carbons (Fsp3) is 0.333. The van der Waals surface area contributed by atoms with Crippen LogP contribution in [0, 0.1) is 0 Å². The van der Waals surface area contributed by atoms with Gasteiger partial charge in [-0.05, 0) is 29.5 Å². The first-order chi connectivity index (χ1) is 9.88. The van der Waals surface area contributed by atoms with Gasteiger partial charge >= 0.3 is 0 Å². The van der Waals surface area contributed by atoms with Crippen molar-refractivity contribution in [1.82, 2.24) is 4.90 Å². The minimum absolute atomic E-state index is 0.378. The summed E-state index contributed by atoms with van der Waals surface area (Å²) in [7, 11) is 0. The topological polar surface area (TPSA) is 29.3 Å². The quantitative estimate of drug-likeness (QED) is 0.922. The molecule has 2 aromatic rings. The molecule has 0 aliphatic carbocycles. The van der Waals surface area contributed by atoms with Crippen molar-refractivity contribution in [3.63, 3.8) is 0 Å². The van der Waals surface area contributed by atoms with Crippen LogP contribution in [0.4, 0.5) is 0 Å². The molecular formula is C18H22N2. The van der Waals surface area contributed by atoms with Crippen LogP contribution in [0.1, 0.15) is 22.7 Å². The minimum Gasteiger partial charge on any atom is -0.329 e. The largest absolute Gasteiger partial charge is 0.329 e. The second kappa shape index (κ2) is 6.21. The molecule has 2 aromatic carbocycles. The first-order valence-corrected chi connectivity index (χ1v) is 7.44. The normalized spacial score (nSPS) is 18.8. The summed E-state index contributed by atoms with van der Waals surface area (Å²) >= 11 is 0. The van der Waals surface area contributed by atoms with E-state index in [1.165, 1.54) is 16.7 Å². The Bertz CT molecular complexity index is 550. The zero-order chi connectivity index (χ0) is 13.8. The van der Waals surface area contributed by atoms with Crippen molar-refractivity contribution in [3.05, 3.63) is 71.3 Å². The lowest BCUT2D eigenvalue weighted by Crippen LogP contribution is -2.40. The van der Waals surface area contributed by atoms with Crippen molar-refractivity contribution in [2.75, 3.05) is 19.6 Å². The molecule has 2 nitrogen and oxygen atoms in total. The fourth-order valence-electron chi connectivity index (χ4n) is 3.16. The number of hydrogen-bond acceptors (Lipinski definition) is 2. The summed E-state index contributed by atoms with van der Waals surface area (Å²) in [5.41, 5.74) is 10.3. The van der Waals surface area contributed by atoms with Gasteiger partial charge in [0.2, 0.25) is 0 Å². The van der Waals surface area contributed by atoms with Crippen LogP contribution in [-0.2, 0) is 12.8 Å². The maximum Gasteiger partial charge on any atom is 0.0473 e. The van der Waals surface area contributed by atoms with Crippen LogP contribution in [0.3, 0.4) is 0 Å². The molecule has 20 heavy (non-hydrogen) atoms. The van der Waals surface area contributed by atoms with Crippen molar-refractivity contribution < 1.29 is 0 Å². The molecule has 0 saturated carbocycles. The molecule has 0 aromatic heterocycles. The summed E-state index contributed by atoms with van der Waals surface area (Å²) in [6.45, 7) is 2.90. The molecule has 3 rings (SSSR count). The molecular weight excluding hydrogens is 244 g/mol. The third-order valence-electron chi connectivity index (χ3n) is 4.28. The molecule has 1 atom stereocenters. The van der Waals surface area contributed by atoms with Crippen molar-refractivity contribution in [2.24, 2.45) is 5.73 Å². The van der Waals surface area contributed by atoms with Gasteiger partial charge < -0.3 is 5.73 Å². The lowest BCUT2D eigenvalue weighted by Gasteiger charge is -2.36. The Balaban J connectivity index is 1.71. The second-order valence-corrected chi connectivity index (χ2v) is 5.47. The van der Waals surface area contributed by atoms with Gasteiger partial charge in [-0.15, -0.1) is 0 Å². The molecule has 0 fully saturated rings. The Hall–Kier alpha value is -1.64. The van der Waals surface area contributed by atoms with Gasteiger partial charge in [-0.2, -0.15) is 0 Å². The van der Waals surface area contributed by atoms with Gasteiger partial charge in [-0.1, -0.05) is 54.6 Å². The van der Waals surface area contributed by atoms with Crippen molar-refractivity contribution in [2.45, 2.75) is 18.9 Å². The number of nitrogens with zero attached hydrogens (tertiary/aromatic N) is 1. The van der Waals surface area contributed by atoms with Crippen LogP contribution in [0.5, 0.6) is 0 Å². The van der Waals surface area contributed by atoms with Gasteiger partial charge in [-0.3, -0.25) is 4.90 Å². The first-order valence-electron chi connectivity index (χ1n) is 7.44. The summed E-state index contributed by atoms with van der Waals surface area (Å²) in [5, 5.41) is 0. The maximum absolute atomic E-state index is 6.04. The SMILES string of the molecule is NCC1c2ccccc2CCN1CCc1ccccc1. The molecule has 2 heteroatoms. The highest BCUT2D eigenvalue weighted by atomic mass is 15.2. The van der Waals surface area contributed by atoms with Crippen molar-refractivity contribution in [1.29, 1.82) is 0 Å². The van der Waals surface area contributed by atoms with E-state index in [0.717, 1.165) is 25.9 Å². The summed E-state index contributed by atoms with van der Waals surface area (Å²) < 4.78 is 0. The van der Waals surface area contributed by atoms with E-state index >= 15 is 0 Å². The number of rotatable bonds is 4. The lowest BCUT2D eigenvalue weighted by atomic mass is 9.92. The van der Waals surface area contributed by atoms with Gasteiger partial charge in [0.15, 0.2) is 0 Å². The average molecular weight is 266 g/mol. The molecule has 0 saturated heterocycles. The zero-order valence-electron chi connectivity index (χ0n) is 11.8. The van der Waals surface area contributed by atoms with Crippen molar-refractivity contribution in [3.8, 4) is 0 Å². The van der Waals surface area contributed by atoms with Gasteiger partial charge in [0.25, 0.3) is 0 Å². The zero-order valence-corrected chi connectivity index (χ0v) is 11.8. The van der Waals surface area contributed by atoms with E-state index in [2.05, 4.69) is 59.5 Å². The van der Waals surface area contributed by atoms with E-state index in [9.17, 15) is 0 Å². The average Bonchev–Trinajstić information content (AvgIpc) is 2.53. The number of benzene rings is 2. The molecule has 1 aliphatic rings. The van der Waals surface area contributed by atoms with E-state index in [-0.39, 0.29) is 0 Å². The Morgan fingerprint density at radius 3 is 2.55 bits per heavy atom. The Kier molecular flexibility index (Phi) is 4.14. The Labute approximate surface area is 121 Å². The smallest absolute Gasteiger partial charge is 0.0473 e. The van der Waals surface area contributed by atoms with Crippen LogP contribution >= 0.6 is 0 Å². The highest BCUT2D eigenvalue weighted by Crippen LogP contribution is 2.28. The summed E-state index contributed by atoms with van der Waals surface area (Å²) in [6, 6.07) is 19.8. The highest BCUT2D eigenvalue weighted by molar-refractivity contribution is 5.32. The molecule has 1 heterocycles. The van der Waals surface area contributed by atoms with Crippen LogP contribution in [0.25, 0.3) is 0 Å². The van der Waals surface area contributed by atoms with E-state index < -0.39 is 0 Å². The Morgan fingerprint density at radius 2 is 1.75 bits per heavy atom. The van der Waals surface area contributed by atoms with Crippen LogP contribution in [0.2, 0.25) is 0 Å². The van der Waals surface area contributed by atoms with Gasteiger partial charge in [-0.25, -0.2) is 0 Å². The molecule has 104 valence electrons. The Morgan fingerprint density at radius 1 is 1.00 bits per heavy atom. The predicted molar refractivity (Wildman–Crippen MR) is 83.7 cm³/mol. The molecule has 2 N–H and O–H groups in total. The maximum atomic E-state index is 6.04. The van der Waals surface area contributed by atoms with Gasteiger partial charge in [0, 0.05) is 25.7 Å². The third kappa shape index (κ3) is 2.77. The second-order valence-electron chi connectivity index (χ2n) is 5.47. The molecule has 0 radical (unpaired) electrons. The van der Waals surface area contributed by atoms with Crippen LogP contribution in [0.15, 0.2) is 54.6 Å². The van der Waals surface area contributed by atoms with Crippen LogP contribution < -0.4 is 5.73 Å². The number of hydrogen-bond donors (Lipinski definition) is 1. The summed E-state index contributed by atoms with van der Waals surface area (Å²) in [6.07, 6.45) is 2.24. The molecule has 1 unspecified atom stereocenters. The van der Waals surface area contributed by atoms with E-state index in [1.807, 2.05) is 0 Å². The summed E-state index contributed by atoms with van der Waals surface area (Å²) in [5.74, 6) is 0. The molecule has 0 spiro atoms. The van der Waals surface area contributed by atoms with Gasteiger partial charge in [0.05, 0.1) is 0 Å². The third-order valence-corrected chi connectivity index (χ3v) is 4.28. The van der Waals surface area contributed by atoms with Crippen molar-refractivity contribution >= 4 is 0 Å². The number of fused-ring (bicyclic) bond motifs is 1. The van der Waals surface area contributed by atoms with E-state index in [4.69, 9.17) is 5.73 Å². The van der Waals surface area contributed by atoms with Crippen LogP contribution in [-0.4, -0.2) is 24.5 Å². The monoisotopic (exact) mass is 266 g/mol. The molecule has 0 amide bonds. The lowest BCUT2D eigenvalue weighted by molar-refractivity contribution is 0.192. The fourth-order valence-corrected chi connectivity index (χ4v) is 3.16. The molecule has 0 bridgehead atoms. The molecule has 1 aliphatic heterocycles. The van der Waals surface area contributed by atoms with E-state index in [1.54, 1.807) is 0 Å². The number of nitrogens with two attached hydrogens (primary N) is 1. The standard InChI is InChI=1S/C18H22N2/c19-14-18-17-9-5-4-8-16(17)11-13-20(18)12-10-15-6-2-1-3-7-15/h1-9,18H,10-14,19H2. The van der Waals surface area contributed by atoms with E-state index in [0.29, 0.717) is 12.6 Å².